The Morgan fingerprint density at radius 2 is 1.82 bits per heavy atom. The molecular formula is C20H20N2O5S. The van der Waals surface area contributed by atoms with Gasteiger partial charge in [-0.25, -0.2) is 13.1 Å². The Labute approximate surface area is 163 Å². The van der Waals surface area contributed by atoms with Crippen LogP contribution in [0, 0.1) is 5.92 Å². The highest BCUT2D eigenvalue weighted by Gasteiger charge is 2.48. The van der Waals surface area contributed by atoms with Gasteiger partial charge in [-0.2, -0.15) is 0 Å². The molecule has 7 nitrogen and oxygen atoms in total. The molecule has 5 rings (SSSR count). The summed E-state index contributed by atoms with van der Waals surface area (Å²) < 4.78 is 38.9. The fourth-order valence-electron chi connectivity index (χ4n) is 4.45. The van der Waals surface area contributed by atoms with Gasteiger partial charge in [-0.05, 0) is 49.1 Å². The van der Waals surface area contributed by atoms with Crippen LogP contribution in [0.2, 0.25) is 0 Å². The second-order valence-electron chi connectivity index (χ2n) is 7.47. The van der Waals surface area contributed by atoms with Gasteiger partial charge >= 0.3 is 0 Å². The number of amides is 1. The molecule has 2 fully saturated rings. The molecule has 28 heavy (non-hydrogen) atoms. The molecule has 8 heteroatoms. The number of ether oxygens (including phenoxy) is 2. The van der Waals surface area contributed by atoms with Crippen molar-refractivity contribution in [3.8, 4) is 11.5 Å². The number of nitrogens with zero attached hydrogens (tertiary/aromatic N) is 1. The first-order chi connectivity index (χ1) is 13.5. The van der Waals surface area contributed by atoms with Gasteiger partial charge in [-0.3, -0.25) is 4.79 Å². The number of sulfonamides is 1. The molecule has 146 valence electrons. The average Bonchev–Trinajstić information content (AvgIpc) is 3.42. The minimum atomic E-state index is -3.61. The molecule has 1 amide bonds. The van der Waals surface area contributed by atoms with Crippen molar-refractivity contribution in [2.45, 2.75) is 29.8 Å². The third-order valence-electron chi connectivity index (χ3n) is 5.72. The van der Waals surface area contributed by atoms with Crippen LogP contribution in [0.25, 0.3) is 0 Å². The molecule has 2 heterocycles. The molecule has 2 bridgehead atoms. The van der Waals surface area contributed by atoms with Crippen molar-refractivity contribution in [1.82, 2.24) is 9.62 Å². The third kappa shape index (κ3) is 2.93. The molecule has 1 saturated heterocycles. The number of hydrogen-bond acceptors (Lipinski definition) is 5. The van der Waals surface area contributed by atoms with Crippen molar-refractivity contribution in [1.29, 1.82) is 0 Å². The van der Waals surface area contributed by atoms with Crippen molar-refractivity contribution in [2.75, 3.05) is 13.3 Å². The molecule has 0 aromatic heterocycles. The van der Waals surface area contributed by atoms with Crippen LogP contribution in [0.15, 0.2) is 53.4 Å². The largest absolute Gasteiger partial charge is 0.454 e. The summed E-state index contributed by atoms with van der Waals surface area (Å²) in [6.07, 6.45) is 1.57. The lowest BCUT2D eigenvalue weighted by molar-refractivity contribution is 0.0677. The first-order valence-corrected chi connectivity index (χ1v) is 10.8. The third-order valence-corrected chi connectivity index (χ3v) is 7.23. The zero-order valence-electron chi connectivity index (χ0n) is 15.1. The Bertz CT molecular complexity index is 1020. The number of fused-ring (bicyclic) bond motifs is 3. The van der Waals surface area contributed by atoms with E-state index in [1.165, 1.54) is 0 Å². The zero-order chi connectivity index (χ0) is 19.3. The summed E-state index contributed by atoms with van der Waals surface area (Å²) in [5.41, 5.74) is 0.529. The SMILES string of the molecule is O=C(c1ccc2c(c1)OCO2)N1C[C@@H]2C[C@H](NS(=O)(=O)c3ccccc3)[C@H]1C2. The van der Waals surface area contributed by atoms with E-state index in [1.54, 1.807) is 53.4 Å². The highest BCUT2D eigenvalue weighted by atomic mass is 32.2. The second kappa shape index (κ2) is 6.49. The van der Waals surface area contributed by atoms with Crippen molar-refractivity contribution >= 4 is 15.9 Å². The topological polar surface area (TPSA) is 84.9 Å². The van der Waals surface area contributed by atoms with Crippen LogP contribution in [0.4, 0.5) is 0 Å². The summed E-state index contributed by atoms with van der Waals surface area (Å²) >= 11 is 0. The van der Waals surface area contributed by atoms with E-state index in [2.05, 4.69) is 4.72 Å². The molecule has 1 N–H and O–H groups in total. The van der Waals surface area contributed by atoms with Crippen molar-refractivity contribution in [3.63, 3.8) is 0 Å². The number of likely N-dealkylation sites (tertiary alicyclic amines) is 1. The minimum absolute atomic E-state index is 0.102. The number of carbonyl (C=O) groups excluding carboxylic acids is 1. The summed E-state index contributed by atoms with van der Waals surface area (Å²) in [7, 11) is -3.61. The van der Waals surface area contributed by atoms with Crippen LogP contribution in [0.3, 0.4) is 0 Å². The number of carbonyl (C=O) groups is 1. The molecule has 2 aliphatic heterocycles. The molecule has 3 aliphatic rings. The summed E-state index contributed by atoms with van der Waals surface area (Å²) in [6.45, 7) is 0.812. The first kappa shape index (κ1) is 17.5. The summed E-state index contributed by atoms with van der Waals surface area (Å²) in [5, 5.41) is 0. The Hall–Kier alpha value is -2.58. The second-order valence-corrected chi connectivity index (χ2v) is 9.19. The molecule has 0 spiro atoms. The standard InChI is InChI=1S/C20H20N2O5S/c23-20(14-6-7-18-19(10-14)27-12-26-18)22-11-13-8-16(17(22)9-13)21-28(24,25)15-4-2-1-3-5-15/h1-7,10,13,16-17,21H,8-9,11-12H2/t13-,16+,17-/m1/s1. The lowest BCUT2D eigenvalue weighted by Crippen LogP contribution is -2.51. The minimum Gasteiger partial charge on any atom is -0.454 e. The maximum absolute atomic E-state index is 13.1. The average molecular weight is 400 g/mol. The van der Waals surface area contributed by atoms with E-state index >= 15 is 0 Å². The Morgan fingerprint density at radius 1 is 1.04 bits per heavy atom. The van der Waals surface area contributed by atoms with E-state index in [0.29, 0.717) is 29.5 Å². The van der Waals surface area contributed by atoms with Crippen LogP contribution in [0.1, 0.15) is 23.2 Å². The van der Waals surface area contributed by atoms with E-state index in [4.69, 9.17) is 9.47 Å². The van der Waals surface area contributed by atoms with Gasteiger partial charge in [0.2, 0.25) is 16.8 Å². The predicted octanol–water partition coefficient (Wildman–Crippen LogP) is 2.00. The van der Waals surface area contributed by atoms with Gasteiger partial charge in [0.05, 0.1) is 4.90 Å². The lowest BCUT2D eigenvalue weighted by atomic mass is 10.0. The first-order valence-electron chi connectivity index (χ1n) is 9.29. The smallest absolute Gasteiger partial charge is 0.254 e. The number of benzene rings is 2. The number of rotatable bonds is 4. The van der Waals surface area contributed by atoms with E-state index in [9.17, 15) is 13.2 Å². The molecule has 1 aliphatic carbocycles. The van der Waals surface area contributed by atoms with Crippen LogP contribution < -0.4 is 14.2 Å². The Balaban J connectivity index is 1.35. The summed E-state index contributed by atoms with van der Waals surface area (Å²) in [4.78, 5) is 15.1. The summed E-state index contributed by atoms with van der Waals surface area (Å²) in [5.74, 6) is 1.41. The molecule has 3 atom stereocenters. The van der Waals surface area contributed by atoms with Crippen LogP contribution in [-0.2, 0) is 10.0 Å². The normalized spacial score (nSPS) is 25.3. The van der Waals surface area contributed by atoms with Crippen LogP contribution >= 0.6 is 0 Å². The lowest BCUT2D eigenvalue weighted by Gasteiger charge is -2.33. The highest BCUT2D eigenvalue weighted by Crippen LogP contribution is 2.40. The van der Waals surface area contributed by atoms with Crippen LogP contribution in [0.5, 0.6) is 11.5 Å². The number of piperidine rings is 1. The van der Waals surface area contributed by atoms with E-state index in [1.807, 2.05) is 0 Å². The van der Waals surface area contributed by atoms with E-state index in [0.717, 1.165) is 12.8 Å². The predicted molar refractivity (Wildman–Crippen MR) is 101 cm³/mol. The van der Waals surface area contributed by atoms with Gasteiger partial charge < -0.3 is 14.4 Å². The van der Waals surface area contributed by atoms with Crippen molar-refractivity contribution in [3.05, 3.63) is 54.1 Å². The van der Waals surface area contributed by atoms with Gasteiger partial charge in [0, 0.05) is 24.2 Å². The fourth-order valence-corrected chi connectivity index (χ4v) is 5.75. The van der Waals surface area contributed by atoms with Gasteiger partial charge in [-0.1, -0.05) is 18.2 Å². The maximum atomic E-state index is 13.1. The molecule has 0 unspecified atom stereocenters. The molecular weight excluding hydrogens is 380 g/mol. The Kier molecular flexibility index (Phi) is 4.06. The van der Waals surface area contributed by atoms with Gasteiger partial charge in [0.15, 0.2) is 11.5 Å². The van der Waals surface area contributed by atoms with Crippen molar-refractivity contribution in [2.24, 2.45) is 5.92 Å². The fraction of sp³-hybridized carbons (Fsp3) is 0.350. The van der Waals surface area contributed by atoms with E-state index in [-0.39, 0.29) is 29.7 Å². The van der Waals surface area contributed by atoms with Gasteiger partial charge in [0.25, 0.3) is 5.91 Å². The molecule has 2 aromatic rings. The van der Waals surface area contributed by atoms with Crippen molar-refractivity contribution < 1.29 is 22.7 Å². The molecule has 0 radical (unpaired) electrons. The van der Waals surface area contributed by atoms with Gasteiger partial charge in [-0.15, -0.1) is 0 Å². The van der Waals surface area contributed by atoms with E-state index < -0.39 is 10.0 Å². The summed E-state index contributed by atoms with van der Waals surface area (Å²) in [6, 6.07) is 13.1. The van der Waals surface area contributed by atoms with Gasteiger partial charge in [0.1, 0.15) is 0 Å². The number of hydrogen-bond donors (Lipinski definition) is 1. The zero-order valence-corrected chi connectivity index (χ0v) is 15.9. The molecule has 1 saturated carbocycles. The Morgan fingerprint density at radius 3 is 2.61 bits per heavy atom. The maximum Gasteiger partial charge on any atom is 0.254 e. The monoisotopic (exact) mass is 400 g/mol. The number of nitrogens with one attached hydrogen (secondary N) is 1. The molecule has 2 aromatic carbocycles. The van der Waals surface area contributed by atoms with Crippen LogP contribution in [-0.4, -0.2) is 44.6 Å². The highest BCUT2D eigenvalue weighted by molar-refractivity contribution is 7.89. The quantitative estimate of drug-likeness (QED) is 0.849.